The maximum atomic E-state index is 12.0. The third-order valence-electron chi connectivity index (χ3n) is 4.47. The van der Waals surface area contributed by atoms with Crippen molar-refractivity contribution in [1.29, 1.82) is 0 Å². The molecule has 2 aliphatic rings. The summed E-state index contributed by atoms with van der Waals surface area (Å²) in [6.07, 6.45) is 0. The van der Waals surface area contributed by atoms with Gasteiger partial charge in [0.15, 0.2) is 0 Å². The Balaban J connectivity index is 0.000000202. The molecule has 0 aromatic heterocycles. The number of ketones is 2. The number of rotatable bonds is 5. The second kappa shape index (κ2) is 11.0. The summed E-state index contributed by atoms with van der Waals surface area (Å²) in [6, 6.07) is 7.83. The van der Waals surface area contributed by atoms with Gasteiger partial charge in [-0.2, -0.15) is 0 Å². The molecule has 2 aliphatic heterocycles. The summed E-state index contributed by atoms with van der Waals surface area (Å²) in [5.41, 5.74) is 0.575. The van der Waals surface area contributed by atoms with E-state index in [0.717, 1.165) is 0 Å². The maximum absolute atomic E-state index is 12.0. The molecule has 13 heteroatoms. The second-order valence-electron chi connectivity index (χ2n) is 6.89. The fourth-order valence-corrected chi connectivity index (χ4v) is 2.91. The van der Waals surface area contributed by atoms with Crippen molar-refractivity contribution in [2.45, 2.75) is 13.8 Å². The van der Waals surface area contributed by atoms with E-state index in [4.69, 9.17) is 23.7 Å². The van der Waals surface area contributed by atoms with E-state index in [2.05, 4.69) is 20.0 Å². The molecular formula is C23H20N2O11. The first kappa shape index (κ1) is 25.7. The first-order chi connectivity index (χ1) is 17.2. The van der Waals surface area contributed by atoms with Crippen molar-refractivity contribution in [2.24, 2.45) is 10.3 Å². The lowest BCUT2D eigenvalue weighted by molar-refractivity contribution is -0.142. The van der Waals surface area contributed by atoms with Crippen molar-refractivity contribution in [2.75, 3.05) is 21.3 Å². The molecule has 4 rings (SSSR count). The van der Waals surface area contributed by atoms with Crippen LogP contribution in [0.5, 0.6) is 28.7 Å². The molecule has 2 aromatic rings. The van der Waals surface area contributed by atoms with Crippen molar-refractivity contribution in [1.82, 2.24) is 0 Å². The predicted molar refractivity (Wildman–Crippen MR) is 121 cm³/mol. The highest BCUT2D eigenvalue weighted by Gasteiger charge is 2.34. The Kier molecular flexibility index (Phi) is 7.84. The van der Waals surface area contributed by atoms with Crippen LogP contribution in [0.25, 0.3) is 0 Å². The number of hydrogen-bond acceptors (Lipinski definition) is 13. The van der Waals surface area contributed by atoms with Crippen LogP contribution in [0.2, 0.25) is 0 Å². The molecule has 188 valence electrons. The van der Waals surface area contributed by atoms with Gasteiger partial charge < -0.3 is 33.4 Å². The van der Waals surface area contributed by atoms with Crippen LogP contribution in [0.1, 0.15) is 34.6 Å². The molecule has 0 atom stereocenters. The summed E-state index contributed by atoms with van der Waals surface area (Å²) < 4.78 is 25.5. The molecular weight excluding hydrogens is 480 g/mol. The summed E-state index contributed by atoms with van der Waals surface area (Å²) in [4.78, 5) is 53.7. The first-order valence-electron chi connectivity index (χ1n) is 10.1. The van der Waals surface area contributed by atoms with E-state index in [1.807, 2.05) is 0 Å². The van der Waals surface area contributed by atoms with Crippen LogP contribution in [-0.2, 0) is 19.3 Å². The number of nitrogens with zero attached hydrogens (tertiary/aromatic N) is 2. The zero-order valence-corrected chi connectivity index (χ0v) is 19.8. The van der Waals surface area contributed by atoms with Crippen LogP contribution in [0.3, 0.4) is 0 Å². The van der Waals surface area contributed by atoms with E-state index in [1.165, 1.54) is 41.2 Å². The normalized spacial score (nSPS) is 15.1. The van der Waals surface area contributed by atoms with E-state index >= 15 is 0 Å². The van der Waals surface area contributed by atoms with Gasteiger partial charge in [-0.3, -0.25) is 9.59 Å². The van der Waals surface area contributed by atoms with Gasteiger partial charge in [0, 0.05) is 32.0 Å². The van der Waals surface area contributed by atoms with Gasteiger partial charge >= 0.3 is 23.7 Å². The number of fused-ring (bicyclic) bond motifs is 2. The number of methoxy groups -OCH3 is 3. The molecule has 0 amide bonds. The lowest BCUT2D eigenvalue weighted by Crippen LogP contribution is -2.13. The van der Waals surface area contributed by atoms with E-state index in [9.17, 15) is 19.2 Å². The third-order valence-corrected chi connectivity index (χ3v) is 4.47. The predicted octanol–water partition coefficient (Wildman–Crippen LogP) is 2.30. The summed E-state index contributed by atoms with van der Waals surface area (Å²) in [5.74, 6) is -0.895. The zero-order chi connectivity index (χ0) is 26.4. The number of benzene rings is 2. The van der Waals surface area contributed by atoms with Crippen molar-refractivity contribution in [3.05, 3.63) is 41.5 Å². The summed E-state index contributed by atoms with van der Waals surface area (Å²) in [7, 11) is 4.40. The highest BCUT2D eigenvalue weighted by molar-refractivity contribution is 6.47. The topological polar surface area (TPSA) is 158 Å². The minimum atomic E-state index is -0.649. The molecule has 0 radical (unpaired) electrons. The van der Waals surface area contributed by atoms with Gasteiger partial charge in [-0.1, -0.05) is 0 Å². The Morgan fingerprint density at radius 3 is 1.83 bits per heavy atom. The van der Waals surface area contributed by atoms with Gasteiger partial charge in [-0.05, 0) is 22.4 Å². The van der Waals surface area contributed by atoms with Gasteiger partial charge in [0.25, 0.3) is 11.6 Å². The van der Waals surface area contributed by atoms with E-state index in [-0.39, 0.29) is 23.1 Å². The average Bonchev–Trinajstić information content (AvgIpc) is 3.36. The molecule has 0 saturated carbocycles. The van der Waals surface area contributed by atoms with Crippen LogP contribution in [0.15, 0.2) is 40.6 Å². The molecule has 0 spiro atoms. The molecule has 0 fully saturated rings. The van der Waals surface area contributed by atoms with Crippen molar-refractivity contribution in [3.8, 4) is 28.7 Å². The van der Waals surface area contributed by atoms with Crippen LogP contribution < -0.4 is 23.7 Å². The average molecular weight is 500 g/mol. The molecule has 0 N–H and O–H groups in total. The molecule has 0 saturated heterocycles. The van der Waals surface area contributed by atoms with Gasteiger partial charge in [0.1, 0.15) is 34.3 Å². The number of carbonyl (C=O) groups is 4. The zero-order valence-electron chi connectivity index (χ0n) is 19.8. The van der Waals surface area contributed by atoms with Crippen molar-refractivity contribution < 1.29 is 52.5 Å². The number of hydrogen-bond donors (Lipinski definition) is 0. The fourth-order valence-electron chi connectivity index (χ4n) is 2.91. The SMILES string of the molecule is COc1cc(OC)c2c(c1)OC(=NOC(C)=O)C2=O.COc1ccc2c(c1)OC(=NOC(C)=O)C2=O. The number of carbonyl (C=O) groups excluding carboxylic acids is 4. The fraction of sp³-hybridized carbons (Fsp3) is 0.217. The molecule has 2 heterocycles. The van der Waals surface area contributed by atoms with Crippen LogP contribution in [0.4, 0.5) is 0 Å². The Labute approximate surface area is 204 Å². The van der Waals surface area contributed by atoms with E-state index in [1.54, 1.807) is 24.3 Å². The van der Waals surface area contributed by atoms with Crippen LogP contribution in [-0.4, -0.2) is 56.6 Å². The Morgan fingerprint density at radius 1 is 0.722 bits per heavy atom. The Hall–Kier alpha value is -4.94. The van der Waals surface area contributed by atoms with E-state index in [0.29, 0.717) is 28.6 Å². The maximum Gasteiger partial charge on any atom is 0.332 e. The molecule has 0 aliphatic carbocycles. The van der Waals surface area contributed by atoms with Gasteiger partial charge in [0.05, 0.1) is 26.9 Å². The smallest absolute Gasteiger partial charge is 0.332 e. The number of Topliss-reactive ketones (excluding diaryl/α,β-unsaturated/α-hetero) is 2. The lowest BCUT2D eigenvalue weighted by atomic mass is 10.1. The molecule has 0 unspecified atom stereocenters. The highest BCUT2D eigenvalue weighted by Crippen LogP contribution is 2.38. The monoisotopic (exact) mass is 500 g/mol. The van der Waals surface area contributed by atoms with Crippen molar-refractivity contribution in [3.63, 3.8) is 0 Å². The first-order valence-corrected chi connectivity index (χ1v) is 10.1. The summed E-state index contributed by atoms with van der Waals surface area (Å²) in [6.45, 7) is 2.35. The largest absolute Gasteiger partial charge is 0.497 e. The number of ether oxygens (including phenoxy) is 5. The minimum absolute atomic E-state index is 0.217. The summed E-state index contributed by atoms with van der Waals surface area (Å²) >= 11 is 0. The Bertz CT molecular complexity index is 1300. The third kappa shape index (κ3) is 5.58. The molecule has 36 heavy (non-hydrogen) atoms. The summed E-state index contributed by atoms with van der Waals surface area (Å²) in [5, 5.41) is 6.68. The standard InChI is InChI=1S/C12H11NO6.C11H9NO5/c1-6(14)19-13-12-11(15)10-8(17-3)4-7(16-2)5-9(10)18-12;1-6(13)17-12-11-10(14)8-4-3-7(15-2)5-9(8)16-11/h4-5H,1-3H3;3-5H,1-2H3. The molecule has 0 bridgehead atoms. The highest BCUT2D eigenvalue weighted by atomic mass is 16.7. The van der Waals surface area contributed by atoms with Gasteiger partial charge in [-0.15, -0.1) is 0 Å². The molecule has 2 aromatic carbocycles. The van der Waals surface area contributed by atoms with Crippen molar-refractivity contribution >= 4 is 35.3 Å². The Morgan fingerprint density at radius 2 is 1.28 bits per heavy atom. The lowest BCUT2D eigenvalue weighted by Gasteiger charge is -2.06. The number of oxime groups is 2. The second-order valence-corrected chi connectivity index (χ2v) is 6.89. The van der Waals surface area contributed by atoms with Gasteiger partial charge in [-0.25, -0.2) is 9.59 Å². The van der Waals surface area contributed by atoms with E-state index < -0.39 is 23.5 Å². The quantitative estimate of drug-likeness (QED) is 0.438. The molecule has 13 nitrogen and oxygen atoms in total. The van der Waals surface area contributed by atoms with Crippen LogP contribution >= 0.6 is 0 Å². The van der Waals surface area contributed by atoms with Crippen LogP contribution in [0, 0.1) is 0 Å². The van der Waals surface area contributed by atoms with Gasteiger partial charge in [0.2, 0.25) is 0 Å². The minimum Gasteiger partial charge on any atom is -0.497 e.